The van der Waals surface area contributed by atoms with Gasteiger partial charge in [-0.2, -0.15) is 5.10 Å². The molecule has 37 heavy (non-hydrogen) atoms. The summed E-state index contributed by atoms with van der Waals surface area (Å²) in [6, 6.07) is 17.2. The highest BCUT2D eigenvalue weighted by Crippen LogP contribution is 2.43. The molecule has 1 unspecified atom stereocenters. The normalized spacial score (nSPS) is 25.5. The first kappa shape index (κ1) is 22.6. The van der Waals surface area contributed by atoms with Gasteiger partial charge in [-0.1, -0.05) is 42.8 Å². The third-order valence-corrected chi connectivity index (χ3v) is 8.55. The van der Waals surface area contributed by atoms with Crippen molar-refractivity contribution in [2.75, 3.05) is 6.54 Å². The van der Waals surface area contributed by atoms with E-state index in [2.05, 4.69) is 45.6 Å². The molecule has 1 N–H and O–H groups in total. The number of amides is 1. The summed E-state index contributed by atoms with van der Waals surface area (Å²) in [5, 5.41) is 8.02. The average Bonchev–Trinajstić information content (AvgIpc) is 3.50. The van der Waals surface area contributed by atoms with Gasteiger partial charge in [0.15, 0.2) is 5.65 Å². The quantitative estimate of drug-likeness (QED) is 0.441. The number of hydrogen-bond donors (Lipinski definition) is 1. The number of rotatable bonds is 4. The standard InChI is InChI=1S/C30H32N6O/c37-30(28-8-4-5-14-31-28)36-23-10-11-24(36)17-22(16-23)27-13-15-35-29(34-27)25(19-33-35)21-9-12-26(32-18-21)20-6-2-1-3-7-20/h1-3,6-7,9,12-13,15,18-19,22-24,28,31H,4-5,8,10-11,14,16-17H2/t22-,23-,24?,28+/m0/s1. The van der Waals surface area contributed by atoms with Gasteiger partial charge in [-0.3, -0.25) is 9.78 Å². The van der Waals surface area contributed by atoms with Gasteiger partial charge in [0.25, 0.3) is 0 Å². The lowest BCUT2D eigenvalue weighted by Crippen LogP contribution is -2.54. The summed E-state index contributed by atoms with van der Waals surface area (Å²) < 4.78 is 1.85. The van der Waals surface area contributed by atoms with E-state index >= 15 is 0 Å². The van der Waals surface area contributed by atoms with Gasteiger partial charge in [0, 0.05) is 52.8 Å². The predicted octanol–water partition coefficient (Wildman–Crippen LogP) is 4.84. The van der Waals surface area contributed by atoms with E-state index in [0.29, 0.717) is 23.9 Å². The summed E-state index contributed by atoms with van der Waals surface area (Å²) in [5.74, 6) is 0.700. The van der Waals surface area contributed by atoms with Gasteiger partial charge in [-0.15, -0.1) is 0 Å². The van der Waals surface area contributed by atoms with Gasteiger partial charge in [0.05, 0.1) is 17.9 Å². The minimum atomic E-state index is 0.0131. The molecule has 4 aromatic rings. The summed E-state index contributed by atoms with van der Waals surface area (Å²) in [6.07, 6.45) is 13.3. The van der Waals surface area contributed by atoms with Crippen LogP contribution in [0.3, 0.4) is 0 Å². The first-order chi connectivity index (χ1) is 18.2. The van der Waals surface area contributed by atoms with Crippen LogP contribution in [0, 0.1) is 0 Å². The second-order valence-corrected chi connectivity index (χ2v) is 10.8. The van der Waals surface area contributed by atoms with E-state index < -0.39 is 0 Å². The Morgan fingerprint density at radius 1 is 0.892 bits per heavy atom. The van der Waals surface area contributed by atoms with Crippen molar-refractivity contribution in [3.8, 4) is 22.4 Å². The van der Waals surface area contributed by atoms with Crippen LogP contribution in [-0.4, -0.2) is 55.1 Å². The number of aromatic nitrogens is 4. The molecule has 3 aliphatic rings. The smallest absolute Gasteiger partial charge is 0.240 e. The number of pyridine rings is 1. The van der Waals surface area contributed by atoms with Crippen molar-refractivity contribution in [3.05, 3.63) is 72.8 Å². The van der Waals surface area contributed by atoms with E-state index in [1.165, 1.54) is 6.42 Å². The fraction of sp³-hybridized carbons (Fsp3) is 0.400. The Bertz CT molecular complexity index is 1400. The van der Waals surface area contributed by atoms with Crippen molar-refractivity contribution in [1.82, 2.24) is 29.8 Å². The molecule has 7 nitrogen and oxygen atoms in total. The fourth-order valence-electron chi connectivity index (χ4n) is 6.67. The molecule has 7 heteroatoms. The number of fused-ring (bicyclic) bond motifs is 3. The molecule has 3 aliphatic heterocycles. The lowest BCUT2D eigenvalue weighted by atomic mass is 9.87. The monoisotopic (exact) mass is 492 g/mol. The Hall–Kier alpha value is -3.58. The Labute approximate surface area is 216 Å². The summed E-state index contributed by atoms with van der Waals surface area (Å²) in [7, 11) is 0. The maximum Gasteiger partial charge on any atom is 0.240 e. The number of nitrogens with zero attached hydrogens (tertiary/aromatic N) is 5. The number of hydrogen-bond acceptors (Lipinski definition) is 5. The second-order valence-electron chi connectivity index (χ2n) is 10.8. The molecule has 3 aromatic heterocycles. The van der Waals surface area contributed by atoms with Gasteiger partial charge in [-0.05, 0) is 57.2 Å². The first-order valence-corrected chi connectivity index (χ1v) is 13.7. The van der Waals surface area contributed by atoms with Crippen LogP contribution in [0.5, 0.6) is 0 Å². The predicted molar refractivity (Wildman–Crippen MR) is 143 cm³/mol. The summed E-state index contributed by atoms with van der Waals surface area (Å²) in [5.41, 5.74) is 6.04. The zero-order valence-electron chi connectivity index (χ0n) is 21.0. The molecule has 0 spiro atoms. The molecule has 3 fully saturated rings. The maximum atomic E-state index is 13.3. The largest absolute Gasteiger partial charge is 0.335 e. The molecule has 2 bridgehead atoms. The van der Waals surface area contributed by atoms with Gasteiger partial charge in [0.2, 0.25) is 5.91 Å². The van der Waals surface area contributed by atoms with E-state index in [4.69, 9.17) is 9.97 Å². The number of carbonyl (C=O) groups excluding carboxylic acids is 1. The summed E-state index contributed by atoms with van der Waals surface area (Å²) in [4.78, 5) is 25.4. The van der Waals surface area contributed by atoms with Gasteiger partial charge in [0.1, 0.15) is 0 Å². The van der Waals surface area contributed by atoms with Crippen molar-refractivity contribution in [1.29, 1.82) is 0 Å². The molecule has 0 radical (unpaired) electrons. The Morgan fingerprint density at radius 2 is 1.73 bits per heavy atom. The van der Waals surface area contributed by atoms with Crippen LogP contribution in [0.4, 0.5) is 0 Å². The van der Waals surface area contributed by atoms with Gasteiger partial charge >= 0.3 is 0 Å². The van der Waals surface area contributed by atoms with Crippen LogP contribution in [0.25, 0.3) is 28.0 Å². The third-order valence-electron chi connectivity index (χ3n) is 8.55. The van der Waals surface area contributed by atoms with E-state index in [-0.39, 0.29) is 6.04 Å². The Balaban J connectivity index is 1.13. The second kappa shape index (κ2) is 9.38. The molecule has 0 saturated carbocycles. The van der Waals surface area contributed by atoms with Crippen molar-refractivity contribution in [2.24, 2.45) is 0 Å². The highest BCUT2D eigenvalue weighted by molar-refractivity contribution is 5.83. The van der Waals surface area contributed by atoms with E-state index in [1.807, 2.05) is 41.3 Å². The molecule has 188 valence electrons. The van der Waals surface area contributed by atoms with Crippen LogP contribution in [0.2, 0.25) is 0 Å². The van der Waals surface area contributed by atoms with Crippen molar-refractivity contribution < 1.29 is 4.79 Å². The van der Waals surface area contributed by atoms with Crippen LogP contribution < -0.4 is 5.32 Å². The van der Waals surface area contributed by atoms with Crippen LogP contribution in [0.15, 0.2) is 67.1 Å². The molecule has 0 aliphatic carbocycles. The first-order valence-electron chi connectivity index (χ1n) is 13.7. The molecular weight excluding hydrogens is 460 g/mol. The molecule has 1 amide bonds. The van der Waals surface area contributed by atoms with E-state index in [0.717, 1.165) is 78.8 Å². The Morgan fingerprint density at radius 3 is 2.46 bits per heavy atom. The molecule has 4 atom stereocenters. The molecule has 1 aromatic carbocycles. The zero-order valence-corrected chi connectivity index (χ0v) is 21.0. The Kier molecular flexibility index (Phi) is 5.73. The van der Waals surface area contributed by atoms with Crippen LogP contribution in [0.1, 0.15) is 56.6 Å². The van der Waals surface area contributed by atoms with Crippen molar-refractivity contribution >= 4 is 11.6 Å². The van der Waals surface area contributed by atoms with E-state index in [9.17, 15) is 4.79 Å². The minimum absolute atomic E-state index is 0.0131. The van der Waals surface area contributed by atoms with Gasteiger partial charge in [-0.25, -0.2) is 9.50 Å². The molecular formula is C30H32N6O. The number of nitrogens with one attached hydrogen (secondary N) is 1. The molecule has 6 heterocycles. The average molecular weight is 493 g/mol. The number of carbonyl (C=O) groups is 1. The third kappa shape index (κ3) is 4.11. The van der Waals surface area contributed by atoms with Crippen molar-refractivity contribution in [2.45, 2.75) is 69.0 Å². The zero-order chi connectivity index (χ0) is 24.8. The maximum absolute atomic E-state index is 13.3. The summed E-state index contributed by atoms with van der Waals surface area (Å²) in [6.45, 7) is 0.963. The topological polar surface area (TPSA) is 75.4 Å². The molecule has 3 saturated heterocycles. The molecule has 7 rings (SSSR count). The minimum Gasteiger partial charge on any atom is -0.335 e. The highest BCUT2D eigenvalue weighted by atomic mass is 16.2. The van der Waals surface area contributed by atoms with Crippen molar-refractivity contribution in [3.63, 3.8) is 0 Å². The summed E-state index contributed by atoms with van der Waals surface area (Å²) >= 11 is 0. The highest BCUT2D eigenvalue weighted by Gasteiger charge is 2.45. The van der Waals surface area contributed by atoms with Crippen LogP contribution in [-0.2, 0) is 4.79 Å². The SMILES string of the molecule is O=C([C@H]1CCCCN1)N1C2CC[C@H]1C[C@H](c1ccn3ncc(-c4ccc(-c5ccccc5)nc4)c3n1)C2. The van der Waals surface area contributed by atoms with Gasteiger partial charge < -0.3 is 10.2 Å². The van der Waals surface area contributed by atoms with E-state index in [1.54, 1.807) is 0 Å². The number of benzene rings is 1. The lowest BCUT2D eigenvalue weighted by Gasteiger charge is -2.41. The number of piperidine rings is 2. The lowest BCUT2D eigenvalue weighted by molar-refractivity contribution is -0.138. The van der Waals surface area contributed by atoms with Crippen LogP contribution >= 0.6 is 0 Å². The fourth-order valence-corrected chi connectivity index (χ4v) is 6.67.